The van der Waals surface area contributed by atoms with Gasteiger partial charge < -0.3 is 25.6 Å². The molecule has 7 nitrogen and oxygen atoms in total. The van der Waals surface area contributed by atoms with E-state index in [9.17, 15) is 9.59 Å². The van der Waals surface area contributed by atoms with Gasteiger partial charge in [0.2, 0.25) is 0 Å². The summed E-state index contributed by atoms with van der Waals surface area (Å²) in [6, 6.07) is 5.38. The highest BCUT2D eigenvalue weighted by molar-refractivity contribution is 5.90. The van der Waals surface area contributed by atoms with Crippen LogP contribution in [0.3, 0.4) is 0 Å². The number of ether oxygens (including phenoxy) is 1. The molecule has 0 spiro atoms. The van der Waals surface area contributed by atoms with Crippen molar-refractivity contribution in [3.63, 3.8) is 0 Å². The van der Waals surface area contributed by atoms with E-state index in [0.717, 1.165) is 17.0 Å². The molecule has 3 N–H and O–H groups in total. The van der Waals surface area contributed by atoms with E-state index >= 15 is 0 Å². The van der Waals surface area contributed by atoms with Crippen molar-refractivity contribution in [2.75, 3.05) is 31.6 Å². The van der Waals surface area contributed by atoms with Crippen LogP contribution in [0.1, 0.15) is 26.3 Å². The molecule has 138 valence electrons. The minimum Gasteiger partial charge on any atom is -0.492 e. The molecular weight excluding hydrogens is 320 g/mol. The number of nitrogens with one attached hydrogen (secondary N) is 3. The molecule has 1 aromatic carbocycles. The first-order valence-electron chi connectivity index (χ1n) is 8.70. The van der Waals surface area contributed by atoms with Crippen molar-refractivity contribution < 1.29 is 14.3 Å². The zero-order valence-electron chi connectivity index (χ0n) is 15.4. The Balaban J connectivity index is 1.83. The third-order valence-electron chi connectivity index (χ3n) is 4.38. The SMILES string of the molecule is Cc1cc(OCCN2CCNC2=O)ccc1NC(=O)N[C@H](C)C(C)C. The molecule has 0 radical (unpaired) electrons. The van der Waals surface area contributed by atoms with Crippen molar-refractivity contribution in [1.82, 2.24) is 15.5 Å². The molecular formula is C18H28N4O3. The third-order valence-corrected chi connectivity index (χ3v) is 4.38. The minimum absolute atomic E-state index is 0.0408. The van der Waals surface area contributed by atoms with Gasteiger partial charge in [0.1, 0.15) is 12.4 Å². The van der Waals surface area contributed by atoms with Crippen LogP contribution in [0, 0.1) is 12.8 Å². The second-order valence-electron chi connectivity index (χ2n) is 6.68. The van der Waals surface area contributed by atoms with Crippen molar-refractivity contribution >= 4 is 17.7 Å². The number of benzene rings is 1. The predicted molar refractivity (Wildman–Crippen MR) is 98.1 cm³/mol. The third kappa shape index (κ3) is 5.55. The van der Waals surface area contributed by atoms with E-state index in [4.69, 9.17) is 4.74 Å². The highest BCUT2D eigenvalue weighted by atomic mass is 16.5. The molecule has 1 atom stereocenters. The molecule has 1 aromatic rings. The topological polar surface area (TPSA) is 82.7 Å². The largest absolute Gasteiger partial charge is 0.492 e. The maximum absolute atomic E-state index is 12.0. The van der Waals surface area contributed by atoms with Crippen LogP contribution in [-0.2, 0) is 0 Å². The maximum atomic E-state index is 12.0. The second kappa shape index (κ2) is 8.60. The molecule has 1 heterocycles. The van der Waals surface area contributed by atoms with Crippen molar-refractivity contribution in [2.24, 2.45) is 5.92 Å². The predicted octanol–water partition coefficient (Wildman–Crippen LogP) is 2.57. The second-order valence-corrected chi connectivity index (χ2v) is 6.68. The summed E-state index contributed by atoms with van der Waals surface area (Å²) in [5.74, 6) is 1.10. The van der Waals surface area contributed by atoms with E-state index in [1.54, 1.807) is 4.90 Å². The average molecular weight is 348 g/mol. The molecule has 0 bridgehead atoms. The van der Waals surface area contributed by atoms with Crippen LogP contribution in [0.5, 0.6) is 5.75 Å². The molecule has 0 aromatic heterocycles. The molecule has 1 saturated heterocycles. The summed E-state index contributed by atoms with van der Waals surface area (Å²) in [7, 11) is 0. The molecule has 0 unspecified atom stereocenters. The van der Waals surface area contributed by atoms with E-state index < -0.39 is 0 Å². The summed E-state index contributed by atoms with van der Waals surface area (Å²) in [6.07, 6.45) is 0. The number of amides is 4. The maximum Gasteiger partial charge on any atom is 0.319 e. The van der Waals surface area contributed by atoms with Crippen LogP contribution < -0.4 is 20.7 Å². The van der Waals surface area contributed by atoms with Crippen molar-refractivity contribution in [1.29, 1.82) is 0 Å². The van der Waals surface area contributed by atoms with Gasteiger partial charge in [-0.25, -0.2) is 9.59 Å². The number of hydrogen-bond acceptors (Lipinski definition) is 3. The molecule has 1 aliphatic heterocycles. The quantitative estimate of drug-likeness (QED) is 0.708. The number of rotatable bonds is 7. The normalized spacial score (nSPS) is 15.1. The van der Waals surface area contributed by atoms with Gasteiger partial charge in [-0.3, -0.25) is 0 Å². The van der Waals surface area contributed by atoms with Gasteiger partial charge in [0.05, 0.1) is 6.54 Å². The van der Waals surface area contributed by atoms with Gasteiger partial charge in [0.25, 0.3) is 0 Å². The zero-order valence-corrected chi connectivity index (χ0v) is 15.4. The fraction of sp³-hybridized carbons (Fsp3) is 0.556. The van der Waals surface area contributed by atoms with Crippen LogP contribution >= 0.6 is 0 Å². The van der Waals surface area contributed by atoms with Crippen LogP contribution in [0.25, 0.3) is 0 Å². The first-order chi connectivity index (χ1) is 11.9. The highest BCUT2D eigenvalue weighted by Crippen LogP contribution is 2.21. The molecule has 4 amide bonds. The molecule has 0 aliphatic carbocycles. The molecule has 25 heavy (non-hydrogen) atoms. The lowest BCUT2D eigenvalue weighted by Crippen LogP contribution is -2.39. The van der Waals surface area contributed by atoms with Crippen LogP contribution in [0.15, 0.2) is 18.2 Å². The summed E-state index contributed by atoms with van der Waals surface area (Å²) in [6.45, 7) is 10.4. The molecule has 1 fully saturated rings. The van der Waals surface area contributed by atoms with Gasteiger partial charge in [0.15, 0.2) is 0 Å². The first-order valence-corrected chi connectivity index (χ1v) is 8.70. The van der Waals surface area contributed by atoms with Gasteiger partial charge >= 0.3 is 12.1 Å². The average Bonchev–Trinajstić information content (AvgIpc) is 2.95. The Bertz CT molecular complexity index is 618. The monoisotopic (exact) mass is 348 g/mol. The summed E-state index contributed by atoms with van der Waals surface area (Å²) < 4.78 is 5.70. The molecule has 2 rings (SSSR count). The minimum atomic E-state index is -0.210. The smallest absolute Gasteiger partial charge is 0.319 e. The van der Waals surface area contributed by atoms with E-state index in [1.807, 2.05) is 32.0 Å². The Morgan fingerprint density at radius 2 is 2.12 bits per heavy atom. The summed E-state index contributed by atoms with van der Waals surface area (Å²) in [5, 5.41) is 8.54. The highest BCUT2D eigenvalue weighted by Gasteiger charge is 2.18. The van der Waals surface area contributed by atoms with Crippen molar-refractivity contribution in [2.45, 2.75) is 33.7 Å². The number of carbonyl (C=O) groups is 2. The van der Waals surface area contributed by atoms with Gasteiger partial charge in [-0.15, -0.1) is 0 Å². The lowest BCUT2D eigenvalue weighted by molar-refractivity contribution is 0.202. The van der Waals surface area contributed by atoms with E-state index in [2.05, 4.69) is 29.8 Å². The number of carbonyl (C=O) groups excluding carboxylic acids is 2. The Morgan fingerprint density at radius 1 is 1.36 bits per heavy atom. The number of anilines is 1. The Labute approximate surface area is 149 Å². The fourth-order valence-corrected chi connectivity index (χ4v) is 2.40. The Hall–Kier alpha value is -2.44. The standard InChI is InChI=1S/C18H28N4O3/c1-12(2)14(4)20-17(23)21-16-6-5-15(11-13(16)3)25-10-9-22-8-7-19-18(22)24/h5-6,11-12,14H,7-10H2,1-4H3,(H,19,24)(H2,20,21,23)/t14-/m1/s1. The lowest BCUT2D eigenvalue weighted by Gasteiger charge is -2.19. The fourth-order valence-electron chi connectivity index (χ4n) is 2.40. The zero-order chi connectivity index (χ0) is 18.4. The van der Waals surface area contributed by atoms with Crippen LogP contribution in [0.4, 0.5) is 15.3 Å². The summed E-state index contributed by atoms with van der Waals surface area (Å²) in [4.78, 5) is 25.2. The Morgan fingerprint density at radius 3 is 2.72 bits per heavy atom. The molecule has 7 heteroatoms. The van der Waals surface area contributed by atoms with Gasteiger partial charge in [0, 0.05) is 24.8 Å². The summed E-state index contributed by atoms with van der Waals surface area (Å²) >= 11 is 0. The van der Waals surface area contributed by atoms with Crippen molar-refractivity contribution in [3.8, 4) is 5.75 Å². The first kappa shape index (κ1) is 18.9. The molecule has 1 aliphatic rings. The van der Waals surface area contributed by atoms with E-state index in [-0.39, 0.29) is 18.1 Å². The number of aryl methyl sites for hydroxylation is 1. The van der Waals surface area contributed by atoms with Gasteiger partial charge in [-0.2, -0.15) is 0 Å². The lowest BCUT2D eigenvalue weighted by atomic mass is 10.1. The summed E-state index contributed by atoms with van der Waals surface area (Å²) in [5.41, 5.74) is 1.67. The van der Waals surface area contributed by atoms with Gasteiger partial charge in [-0.05, 0) is 43.5 Å². The van der Waals surface area contributed by atoms with E-state index in [1.165, 1.54) is 0 Å². The van der Waals surface area contributed by atoms with E-state index in [0.29, 0.717) is 32.2 Å². The van der Waals surface area contributed by atoms with Crippen LogP contribution in [-0.4, -0.2) is 49.2 Å². The Kier molecular flexibility index (Phi) is 6.50. The molecule has 0 saturated carbocycles. The van der Waals surface area contributed by atoms with Crippen molar-refractivity contribution in [3.05, 3.63) is 23.8 Å². The number of nitrogens with zero attached hydrogens (tertiary/aromatic N) is 1. The van der Waals surface area contributed by atoms with Gasteiger partial charge in [-0.1, -0.05) is 13.8 Å². The number of urea groups is 2. The van der Waals surface area contributed by atoms with Crippen LogP contribution in [0.2, 0.25) is 0 Å². The number of hydrogen-bond donors (Lipinski definition) is 3.